The fourth-order valence-corrected chi connectivity index (χ4v) is 7.32. The topological polar surface area (TPSA) is 33.8 Å². The van der Waals surface area contributed by atoms with E-state index in [-0.39, 0.29) is 5.78 Å². The van der Waals surface area contributed by atoms with Gasteiger partial charge in [-0.05, 0) is 12.8 Å². The van der Waals surface area contributed by atoms with Crippen molar-refractivity contribution in [3.63, 3.8) is 0 Å². The second kappa shape index (κ2) is 21.0. The highest BCUT2D eigenvalue weighted by molar-refractivity contribution is 7.20. The standard InChI is InChI=1S/C24BF20.C20H25N2O/c26-5-1(6(27)14(35)21(42)13(5)34)25(2-7(28)15(36)22(43)16(37)8(2)29,3-9(30)17(38)23(44)18(39)10(3)31)4-11(32)19(40)24(45)20(41)12(4)33;1-2-3-4-5-6-10-13-19-16-21-14-15-22(19)17-20(23)18-11-8-7-9-12-18/h;7-16H,2-6,17H2,1H3/q-1;+1. The first kappa shape index (κ1) is 52.2. The molecule has 0 radical (unpaired) electrons. The van der Waals surface area contributed by atoms with Gasteiger partial charge in [0.05, 0.1) is 12.4 Å². The zero-order valence-electron chi connectivity index (χ0n) is 34.0. The van der Waals surface area contributed by atoms with Crippen LogP contribution >= 0.6 is 0 Å². The molecule has 0 spiro atoms. The van der Waals surface area contributed by atoms with Gasteiger partial charge in [0.25, 0.3) is 0 Å². The van der Waals surface area contributed by atoms with Crippen molar-refractivity contribution < 1.29 is 97.2 Å². The van der Waals surface area contributed by atoms with Gasteiger partial charge in [-0.3, -0.25) is 9.78 Å². The minimum atomic E-state index is -7.22. The van der Waals surface area contributed by atoms with E-state index in [9.17, 15) is 57.5 Å². The smallest absolute Gasteiger partial charge is 0.227 e. The molecule has 5 aromatic carbocycles. The molecule has 0 fully saturated rings. The summed E-state index contributed by atoms with van der Waals surface area (Å²) in [4.78, 5) is 16.5. The number of carbonyl (C=O) groups excluding carboxylic acids is 1. The molecule has 1 heterocycles. The Labute approximate surface area is 369 Å². The normalized spacial score (nSPS) is 11.7. The summed E-state index contributed by atoms with van der Waals surface area (Å²) in [5, 5.41) is 0. The Bertz CT molecular complexity index is 2570. The van der Waals surface area contributed by atoms with Crippen LogP contribution in [0.1, 0.15) is 55.1 Å². The molecular weight excluding hydrogens is 963 g/mol. The van der Waals surface area contributed by atoms with E-state index in [1.54, 1.807) is 12.4 Å². The Balaban J connectivity index is 0.000000314. The maximum atomic E-state index is 15.4. The first-order valence-electron chi connectivity index (χ1n) is 19.3. The average Bonchev–Trinajstić information content (AvgIpc) is 3.33. The number of hydrogen-bond acceptors (Lipinski definition) is 2. The monoisotopic (exact) mass is 988 g/mol. The Kier molecular flexibility index (Phi) is 16.2. The SMILES string of the molecule is CCCCCCC=Cc1cncc[n+]1CC(=O)c1ccccc1.Fc1c(F)c(F)c([B-](c2c(F)c(F)c(F)c(F)c2F)(c2c(F)c(F)c(F)c(F)c2F)c2c(F)c(F)c(F)c(F)c2F)c(F)c1F. The van der Waals surface area contributed by atoms with E-state index in [1.165, 1.54) is 25.7 Å². The molecule has 68 heavy (non-hydrogen) atoms. The molecule has 6 rings (SSSR count). The molecule has 0 N–H and O–H groups in total. The number of nitrogens with zero attached hydrogens (tertiary/aromatic N) is 2. The first-order valence-corrected chi connectivity index (χ1v) is 19.3. The molecule has 0 aliphatic carbocycles. The number of rotatable bonds is 13. The largest absolute Gasteiger partial charge is 0.287 e. The van der Waals surface area contributed by atoms with E-state index in [1.807, 2.05) is 41.1 Å². The quantitative estimate of drug-likeness (QED) is 0.0220. The van der Waals surface area contributed by atoms with Gasteiger partial charge in [-0.15, -0.1) is 21.9 Å². The van der Waals surface area contributed by atoms with Crippen LogP contribution in [0.15, 0.2) is 55.0 Å². The Morgan fingerprint density at radius 3 is 1.16 bits per heavy atom. The number of allylic oxidation sites excluding steroid dienone is 1. The van der Waals surface area contributed by atoms with Crippen LogP contribution in [0, 0.1) is 116 Å². The van der Waals surface area contributed by atoms with Crippen molar-refractivity contribution in [1.29, 1.82) is 0 Å². The maximum absolute atomic E-state index is 15.4. The van der Waals surface area contributed by atoms with Crippen LogP contribution in [0.4, 0.5) is 87.8 Å². The highest BCUT2D eigenvalue weighted by atomic mass is 19.2. The number of unbranched alkanes of at least 4 members (excludes halogenated alkanes) is 4. The number of benzene rings is 5. The molecular formula is C44H25BF20N2O. The lowest BCUT2D eigenvalue weighted by Crippen LogP contribution is -2.81. The third-order valence-corrected chi connectivity index (χ3v) is 10.5. The third kappa shape index (κ3) is 9.15. The Hall–Kier alpha value is -6.75. The fraction of sp³-hybridized carbons (Fsp3) is 0.159. The molecule has 6 aromatic rings. The summed E-state index contributed by atoms with van der Waals surface area (Å²) in [7, 11) is 0. The van der Waals surface area contributed by atoms with Crippen molar-refractivity contribution in [1.82, 2.24) is 4.98 Å². The molecule has 0 saturated heterocycles. The van der Waals surface area contributed by atoms with Crippen molar-refractivity contribution in [2.75, 3.05) is 0 Å². The zero-order valence-corrected chi connectivity index (χ0v) is 34.0. The molecule has 3 nitrogen and oxygen atoms in total. The van der Waals surface area contributed by atoms with Gasteiger partial charge in [0.2, 0.25) is 18.0 Å². The van der Waals surface area contributed by atoms with E-state index >= 15 is 35.1 Å². The van der Waals surface area contributed by atoms with Crippen LogP contribution in [-0.2, 0) is 6.54 Å². The van der Waals surface area contributed by atoms with Gasteiger partial charge in [0.15, 0.2) is 76.0 Å². The van der Waals surface area contributed by atoms with Crippen molar-refractivity contribution >= 4 is 39.9 Å². The number of Topliss-reactive ketones (excluding diaryl/α,β-unsaturated/α-hetero) is 1. The van der Waals surface area contributed by atoms with Gasteiger partial charge >= 0.3 is 0 Å². The second-order valence-electron chi connectivity index (χ2n) is 14.5. The van der Waals surface area contributed by atoms with Crippen molar-refractivity contribution in [3.8, 4) is 0 Å². The van der Waals surface area contributed by atoms with Crippen LogP contribution in [0.3, 0.4) is 0 Å². The van der Waals surface area contributed by atoms with Gasteiger partial charge in [-0.2, -0.15) is 4.57 Å². The third-order valence-electron chi connectivity index (χ3n) is 10.5. The molecule has 24 heteroatoms. The van der Waals surface area contributed by atoms with E-state index in [0.717, 1.165) is 17.7 Å². The lowest BCUT2D eigenvalue weighted by molar-refractivity contribution is -0.685. The zero-order chi connectivity index (χ0) is 50.7. The van der Waals surface area contributed by atoms with E-state index < -0.39 is 144 Å². The van der Waals surface area contributed by atoms with Crippen LogP contribution in [0.25, 0.3) is 6.08 Å². The minimum Gasteiger partial charge on any atom is -0.287 e. The fourth-order valence-electron chi connectivity index (χ4n) is 7.32. The van der Waals surface area contributed by atoms with Crippen LogP contribution in [-0.4, -0.2) is 16.9 Å². The van der Waals surface area contributed by atoms with E-state index in [4.69, 9.17) is 0 Å². The molecule has 0 amide bonds. The molecule has 1 aromatic heterocycles. The average molecular weight is 988 g/mol. The lowest BCUT2D eigenvalue weighted by atomic mass is 9.12. The van der Waals surface area contributed by atoms with Crippen molar-refractivity contribution in [3.05, 3.63) is 183 Å². The minimum absolute atomic E-state index is 0.111. The Morgan fingerprint density at radius 1 is 0.485 bits per heavy atom. The molecule has 0 unspecified atom stereocenters. The summed E-state index contributed by atoms with van der Waals surface area (Å²) in [5.41, 5.74) is -12.6. The van der Waals surface area contributed by atoms with Crippen molar-refractivity contribution in [2.24, 2.45) is 0 Å². The van der Waals surface area contributed by atoms with E-state index in [2.05, 4.69) is 24.1 Å². The number of halogens is 20. The summed E-state index contributed by atoms with van der Waals surface area (Å²) < 4.78 is 296. The summed E-state index contributed by atoms with van der Waals surface area (Å²) in [6, 6.07) is 9.41. The molecule has 0 atom stereocenters. The molecule has 0 aliphatic rings. The van der Waals surface area contributed by atoms with Gasteiger partial charge < -0.3 is 0 Å². The van der Waals surface area contributed by atoms with Gasteiger partial charge in [0.1, 0.15) is 52.7 Å². The van der Waals surface area contributed by atoms with Crippen LogP contribution in [0.2, 0.25) is 0 Å². The number of ketones is 1. The maximum Gasteiger partial charge on any atom is 0.227 e. The first-order chi connectivity index (χ1) is 32.0. The van der Waals surface area contributed by atoms with Gasteiger partial charge in [-0.25, -0.2) is 87.8 Å². The molecule has 0 bridgehead atoms. The van der Waals surface area contributed by atoms with Crippen LogP contribution in [0.5, 0.6) is 0 Å². The summed E-state index contributed by atoms with van der Waals surface area (Å²) in [5.74, 6) is -71.3. The number of carbonyl (C=O) groups is 1. The summed E-state index contributed by atoms with van der Waals surface area (Å²) in [6.07, 6.45) is 8.53. The highest BCUT2D eigenvalue weighted by Gasteiger charge is 2.52. The summed E-state index contributed by atoms with van der Waals surface area (Å²) >= 11 is 0. The van der Waals surface area contributed by atoms with Gasteiger partial charge in [0, 0.05) is 11.6 Å². The predicted molar refractivity (Wildman–Crippen MR) is 202 cm³/mol. The Morgan fingerprint density at radius 2 is 0.824 bits per heavy atom. The molecule has 0 aliphatic heterocycles. The number of aromatic nitrogens is 2. The van der Waals surface area contributed by atoms with Crippen LogP contribution < -0.4 is 26.4 Å². The van der Waals surface area contributed by atoms with Crippen molar-refractivity contribution in [2.45, 2.75) is 45.6 Å². The summed E-state index contributed by atoms with van der Waals surface area (Å²) in [6.45, 7) is 2.56. The highest BCUT2D eigenvalue weighted by Crippen LogP contribution is 2.31. The predicted octanol–water partition coefficient (Wildman–Crippen LogP) is 10.1. The number of hydrogen-bond donors (Lipinski definition) is 0. The van der Waals surface area contributed by atoms with E-state index in [0.29, 0.717) is 6.54 Å². The lowest BCUT2D eigenvalue weighted by Gasteiger charge is -2.44. The molecule has 0 saturated carbocycles. The molecule has 360 valence electrons. The second-order valence-corrected chi connectivity index (χ2v) is 14.5. The van der Waals surface area contributed by atoms with Gasteiger partial charge in [-0.1, -0.05) is 62.6 Å².